The molecule has 0 aliphatic rings. The highest BCUT2D eigenvalue weighted by Crippen LogP contribution is 2.22. The summed E-state index contributed by atoms with van der Waals surface area (Å²) in [5.74, 6) is 0.783. The molecule has 106 valence electrons. The lowest BCUT2D eigenvalue weighted by molar-refractivity contribution is 1.01. The van der Waals surface area contributed by atoms with Gasteiger partial charge in [0.15, 0.2) is 0 Å². The molecule has 5 heteroatoms. The highest BCUT2D eigenvalue weighted by molar-refractivity contribution is 6.30. The van der Waals surface area contributed by atoms with Crippen LogP contribution in [0.15, 0.2) is 42.9 Å². The summed E-state index contributed by atoms with van der Waals surface area (Å²) in [5, 5.41) is 4.98. The fourth-order valence-corrected chi connectivity index (χ4v) is 2.61. The molecule has 0 spiro atoms. The number of rotatable bonds is 4. The zero-order chi connectivity index (χ0) is 14.7. The first-order chi connectivity index (χ1) is 10.3. The summed E-state index contributed by atoms with van der Waals surface area (Å²) in [6.07, 6.45) is 4.08. The van der Waals surface area contributed by atoms with Crippen molar-refractivity contribution in [2.45, 2.75) is 19.9 Å². The summed E-state index contributed by atoms with van der Waals surface area (Å²) < 4.78 is 0. The number of aromatic nitrogens is 3. The van der Waals surface area contributed by atoms with Crippen LogP contribution in [0.5, 0.6) is 0 Å². The first kappa shape index (κ1) is 13.8. The van der Waals surface area contributed by atoms with Crippen LogP contribution < -0.4 is 5.32 Å². The Hall–Kier alpha value is -2.20. The minimum Gasteiger partial charge on any atom is -0.366 e. The van der Waals surface area contributed by atoms with Gasteiger partial charge in [-0.15, -0.1) is 0 Å². The maximum atomic E-state index is 6.10. The molecule has 1 N–H and O–H groups in total. The van der Waals surface area contributed by atoms with Crippen LogP contribution in [-0.4, -0.2) is 15.0 Å². The lowest BCUT2D eigenvalue weighted by Crippen LogP contribution is -2.06. The molecule has 21 heavy (non-hydrogen) atoms. The van der Waals surface area contributed by atoms with Crippen LogP contribution in [0.4, 0.5) is 5.82 Å². The number of hydrogen-bond acceptors (Lipinski definition) is 4. The van der Waals surface area contributed by atoms with Crippen LogP contribution in [0.2, 0.25) is 5.15 Å². The number of benzene rings is 1. The maximum Gasteiger partial charge on any atom is 0.137 e. The van der Waals surface area contributed by atoms with Gasteiger partial charge in [0, 0.05) is 23.7 Å². The second-order valence-electron chi connectivity index (χ2n) is 4.69. The molecule has 0 fully saturated rings. The number of pyridine rings is 1. The highest BCUT2D eigenvalue weighted by atomic mass is 35.5. The van der Waals surface area contributed by atoms with E-state index in [-0.39, 0.29) is 0 Å². The Labute approximate surface area is 128 Å². The first-order valence-electron chi connectivity index (χ1n) is 6.85. The zero-order valence-electron chi connectivity index (χ0n) is 11.7. The quantitative estimate of drug-likeness (QED) is 0.743. The lowest BCUT2D eigenvalue weighted by Gasteiger charge is -2.11. The number of fused-ring (bicyclic) bond motifs is 1. The van der Waals surface area contributed by atoms with E-state index in [1.807, 2.05) is 25.3 Å². The molecule has 0 atom stereocenters. The van der Waals surface area contributed by atoms with E-state index in [1.165, 1.54) is 6.33 Å². The Balaban J connectivity index is 1.89. The predicted molar refractivity (Wildman–Crippen MR) is 85.5 cm³/mol. The van der Waals surface area contributed by atoms with Crippen LogP contribution in [0.25, 0.3) is 10.9 Å². The van der Waals surface area contributed by atoms with Gasteiger partial charge in [0.05, 0.1) is 5.52 Å². The SMILES string of the molecule is CCc1c(Cl)ncnc1NCc1cccc2cccnc12. The largest absolute Gasteiger partial charge is 0.366 e. The second kappa shape index (κ2) is 6.06. The summed E-state index contributed by atoms with van der Waals surface area (Å²) in [5.41, 5.74) is 3.07. The third kappa shape index (κ3) is 2.81. The lowest BCUT2D eigenvalue weighted by atomic mass is 10.1. The maximum absolute atomic E-state index is 6.10. The van der Waals surface area contributed by atoms with E-state index in [4.69, 9.17) is 11.6 Å². The van der Waals surface area contributed by atoms with E-state index in [2.05, 4.69) is 38.5 Å². The fraction of sp³-hybridized carbons (Fsp3) is 0.188. The number of anilines is 1. The van der Waals surface area contributed by atoms with Gasteiger partial charge >= 0.3 is 0 Å². The first-order valence-corrected chi connectivity index (χ1v) is 7.23. The molecule has 0 saturated heterocycles. The molecular weight excluding hydrogens is 284 g/mol. The minimum absolute atomic E-state index is 0.506. The Morgan fingerprint density at radius 2 is 1.95 bits per heavy atom. The van der Waals surface area contributed by atoms with Gasteiger partial charge in [0.25, 0.3) is 0 Å². The van der Waals surface area contributed by atoms with E-state index in [1.54, 1.807) is 0 Å². The molecular formula is C16H15ClN4. The normalized spacial score (nSPS) is 10.8. The van der Waals surface area contributed by atoms with Gasteiger partial charge in [-0.2, -0.15) is 0 Å². The third-order valence-corrected chi connectivity index (χ3v) is 3.73. The van der Waals surface area contributed by atoms with Crippen molar-refractivity contribution < 1.29 is 0 Å². The topological polar surface area (TPSA) is 50.7 Å². The number of halogens is 1. The van der Waals surface area contributed by atoms with E-state index in [0.29, 0.717) is 11.7 Å². The van der Waals surface area contributed by atoms with Crippen molar-refractivity contribution in [3.05, 3.63) is 59.1 Å². The van der Waals surface area contributed by atoms with Crippen LogP contribution >= 0.6 is 11.6 Å². The van der Waals surface area contributed by atoms with Gasteiger partial charge in [0.1, 0.15) is 17.3 Å². The Morgan fingerprint density at radius 1 is 1.10 bits per heavy atom. The molecule has 0 aliphatic heterocycles. The van der Waals surface area contributed by atoms with Gasteiger partial charge in [-0.05, 0) is 18.1 Å². The Morgan fingerprint density at radius 3 is 2.81 bits per heavy atom. The van der Waals surface area contributed by atoms with Gasteiger partial charge in [-0.25, -0.2) is 9.97 Å². The predicted octanol–water partition coefficient (Wildman–Crippen LogP) is 3.85. The molecule has 2 heterocycles. The number of nitrogens with one attached hydrogen (secondary N) is 1. The van der Waals surface area contributed by atoms with E-state index in [9.17, 15) is 0 Å². The Bertz CT molecular complexity index is 768. The summed E-state index contributed by atoms with van der Waals surface area (Å²) in [4.78, 5) is 12.8. The molecule has 3 rings (SSSR count). The molecule has 2 aromatic heterocycles. The average Bonchev–Trinajstić information content (AvgIpc) is 2.53. The van der Waals surface area contributed by atoms with E-state index >= 15 is 0 Å². The van der Waals surface area contributed by atoms with Crippen molar-refractivity contribution in [3.63, 3.8) is 0 Å². The minimum atomic E-state index is 0.506. The van der Waals surface area contributed by atoms with Crippen molar-refractivity contribution in [2.75, 3.05) is 5.32 Å². The monoisotopic (exact) mass is 298 g/mol. The number of para-hydroxylation sites is 1. The van der Waals surface area contributed by atoms with Gasteiger partial charge < -0.3 is 5.32 Å². The Kier molecular flexibility index (Phi) is 3.97. The molecule has 0 aliphatic carbocycles. The zero-order valence-corrected chi connectivity index (χ0v) is 12.4. The van der Waals surface area contributed by atoms with Crippen LogP contribution in [0.1, 0.15) is 18.1 Å². The summed E-state index contributed by atoms with van der Waals surface area (Å²) >= 11 is 6.10. The van der Waals surface area contributed by atoms with E-state index < -0.39 is 0 Å². The molecule has 0 bridgehead atoms. The van der Waals surface area contributed by atoms with Gasteiger partial charge in [-0.1, -0.05) is 42.8 Å². The average molecular weight is 299 g/mol. The van der Waals surface area contributed by atoms with Gasteiger partial charge in [-0.3, -0.25) is 4.98 Å². The molecule has 1 aromatic carbocycles. The number of nitrogens with zero attached hydrogens (tertiary/aromatic N) is 3. The van der Waals surface area contributed by atoms with Crippen molar-refractivity contribution in [1.82, 2.24) is 15.0 Å². The third-order valence-electron chi connectivity index (χ3n) is 3.41. The van der Waals surface area contributed by atoms with Crippen LogP contribution in [0, 0.1) is 0 Å². The summed E-state index contributed by atoms with van der Waals surface area (Å²) in [6, 6.07) is 10.2. The molecule has 3 aromatic rings. The second-order valence-corrected chi connectivity index (χ2v) is 5.05. The summed E-state index contributed by atoms with van der Waals surface area (Å²) in [7, 11) is 0. The number of hydrogen-bond donors (Lipinski definition) is 1. The molecule has 0 radical (unpaired) electrons. The van der Waals surface area contributed by atoms with Crippen molar-refractivity contribution in [2.24, 2.45) is 0 Å². The molecule has 0 amide bonds. The molecule has 4 nitrogen and oxygen atoms in total. The van der Waals surface area contributed by atoms with Crippen molar-refractivity contribution >= 4 is 28.3 Å². The standard InChI is InChI=1S/C16H15ClN4/c1-2-13-15(17)20-10-21-16(13)19-9-12-6-3-5-11-7-4-8-18-14(11)12/h3-8,10H,2,9H2,1H3,(H,19,20,21). The summed E-state index contributed by atoms with van der Waals surface area (Å²) in [6.45, 7) is 2.68. The van der Waals surface area contributed by atoms with Crippen LogP contribution in [-0.2, 0) is 13.0 Å². The molecule has 0 unspecified atom stereocenters. The van der Waals surface area contributed by atoms with Gasteiger partial charge in [0.2, 0.25) is 0 Å². The van der Waals surface area contributed by atoms with Crippen LogP contribution in [0.3, 0.4) is 0 Å². The van der Waals surface area contributed by atoms with Crippen molar-refractivity contribution in [1.29, 1.82) is 0 Å². The fourth-order valence-electron chi connectivity index (χ4n) is 2.35. The van der Waals surface area contributed by atoms with E-state index in [0.717, 1.165) is 34.3 Å². The van der Waals surface area contributed by atoms with Crippen molar-refractivity contribution in [3.8, 4) is 0 Å². The highest BCUT2D eigenvalue weighted by Gasteiger charge is 2.08. The smallest absolute Gasteiger partial charge is 0.137 e. The molecule has 0 saturated carbocycles.